The third-order valence-electron chi connectivity index (χ3n) is 8.96. The van der Waals surface area contributed by atoms with Crippen molar-refractivity contribution < 1.29 is 14.7 Å². The number of fused-ring (bicyclic) bond motifs is 1. The highest BCUT2D eigenvalue weighted by atomic mass is 16.3. The molecule has 0 saturated carbocycles. The zero-order chi connectivity index (χ0) is 34.9. The van der Waals surface area contributed by atoms with Crippen LogP contribution in [-0.2, 0) is 19.5 Å². The minimum atomic E-state index is -0.253. The van der Waals surface area contributed by atoms with Gasteiger partial charge in [-0.3, -0.25) is 9.69 Å². The van der Waals surface area contributed by atoms with Gasteiger partial charge in [-0.25, -0.2) is 9.80 Å². The van der Waals surface area contributed by atoms with E-state index >= 15 is 0 Å². The molecule has 6 rings (SSSR count). The van der Waals surface area contributed by atoms with Crippen molar-refractivity contribution in [3.8, 4) is 16.9 Å². The molecule has 3 N–H and O–H groups in total. The third kappa shape index (κ3) is 8.28. The molecule has 0 aromatic heterocycles. The summed E-state index contributed by atoms with van der Waals surface area (Å²) in [6, 6.07) is 40.8. The van der Waals surface area contributed by atoms with E-state index in [-0.39, 0.29) is 17.7 Å². The van der Waals surface area contributed by atoms with Crippen LogP contribution in [0.4, 0.5) is 10.5 Å². The molecule has 0 aliphatic carbocycles. The normalized spacial score (nSPS) is 12.7. The van der Waals surface area contributed by atoms with Gasteiger partial charge in [0, 0.05) is 31.3 Å². The number of amides is 3. The number of hydrogen-bond acceptors (Lipinski definition) is 5. The van der Waals surface area contributed by atoms with Crippen LogP contribution in [0.1, 0.15) is 51.9 Å². The van der Waals surface area contributed by atoms with Gasteiger partial charge in [0.05, 0.1) is 17.9 Å². The van der Waals surface area contributed by atoms with Crippen molar-refractivity contribution in [3.63, 3.8) is 0 Å². The van der Waals surface area contributed by atoms with Crippen LogP contribution >= 0.6 is 0 Å². The fourth-order valence-electron chi connectivity index (χ4n) is 6.20. The quantitative estimate of drug-likeness (QED) is 0.125. The lowest BCUT2D eigenvalue weighted by Crippen LogP contribution is -2.40. The number of benzene rings is 5. The van der Waals surface area contributed by atoms with Crippen LogP contribution in [0.3, 0.4) is 0 Å². The van der Waals surface area contributed by atoms with Gasteiger partial charge in [0.2, 0.25) is 0 Å². The van der Waals surface area contributed by atoms with Crippen LogP contribution in [0.2, 0.25) is 0 Å². The van der Waals surface area contributed by atoms with Crippen LogP contribution in [0.15, 0.2) is 132 Å². The van der Waals surface area contributed by atoms with E-state index in [0.29, 0.717) is 56.7 Å². The summed E-state index contributed by atoms with van der Waals surface area (Å²) in [6.45, 7) is 1.70. The lowest BCUT2D eigenvalue weighted by Gasteiger charge is -2.27. The van der Waals surface area contributed by atoms with Gasteiger partial charge >= 0.3 is 6.03 Å². The molecule has 1 aliphatic heterocycles. The molecule has 0 radical (unpaired) electrons. The summed E-state index contributed by atoms with van der Waals surface area (Å²) < 4.78 is 0. The van der Waals surface area contributed by atoms with E-state index in [4.69, 9.17) is 10.8 Å². The number of rotatable bonds is 13. The predicted octanol–water partition coefficient (Wildman–Crippen LogP) is 7.85. The maximum atomic E-state index is 14.5. The van der Waals surface area contributed by atoms with Crippen LogP contribution in [0.25, 0.3) is 11.1 Å². The van der Waals surface area contributed by atoms with Crippen LogP contribution in [0, 0.1) is 0 Å². The van der Waals surface area contributed by atoms with E-state index in [1.165, 1.54) is 0 Å². The number of hydrogen-bond donors (Lipinski definition) is 2. The van der Waals surface area contributed by atoms with E-state index in [0.717, 1.165) is 45.5 Å². The van der Waals surface area contributed by atoms with Gasteiger partial charge in [0.1, 0.15) is 5.75 Å². The molecule has 1 aliphatic rings. The van der Waals surface area contributed by atoms with E-state index in [1.807, 2.05) is 91.0 Å². The van der Waals surface area contributed by atoms with E-state index < -0.39 is 0 Å². The summed E-state index contributed by atoms with van der Waals surface area (Å²) in [5.74, 6) is 0.0762. The number of nitrogens with two attached hydrogens (primary N) is 1. The minimum Gasteiger partial charge on any atom is -0.508 e. The number of aromatic hydroxyl groups is 1. The number of nitrogens with zero attached hydrogens (tertiary/aromatic N) is 4. The molecule has 0 bridgehead atoms. The highest BCUT2D eigenvalue weighted by molar-refractivity contribution is 6.12. The number of phenolic OH excluding ortho intramolecular Hbond substituents is 1. The number of hydrazone groups is 1. The van der Waals surface area contributed by atoms with Crippen LogP contribution < -0.4 is 10.6 Å². The van der Waals surface area contributed by atoms with Crippen molar-refractivity contribution in [3.05, 3.63) is 155 Å². The molecule has 8 nitrogen and oxygen atoms in total. The zero-order valence-electron chi connectivity index (χ0n) is 28.4. The van der Waals surface area contributed by atoms with E-state index in [2.05, 4.69) is 24.3 Å². The lowest BCUT2D eigenvalue weighted by atomic mass is 9.98. The molecule has 0 atom stereocenters. The molecule has 50 heavy (non-hydrogen) atoms. The number of urea groups is 1. The fraction of sp³-hybridized carbons (Fsp3) is 0.214. The van der Waals surface area contributed by atoms with Crippen molar-refractivity contribution in [1.82, 2.24) is 9.91 Å². The molecule has 254 valence electrons. The first-order valence-corrected chi connectivity index (χ1v) is 17.1. The molecule has 5 aromatic rings. The first-order chi connectivity index (χ1) is 24.4. The van der Waals surface area contributed by atoms with Gasteiger partial charge in [-0.05, 0) is 84.3 Å². The molecule has 0 spiro atoms. The highest BCUT2D eigenvalue weighted by Crippen LogP contribution is 2.32. The Morgan fingerprint density at radius 1 is 0.760 bits per heavy atom. The number of anilines is 1. The third-order valence-corrected chi connectivity index (χ3v) is 8.96. The predicted molar refractivity (Wildman–Crippen MR) is 200 cm³/mol. The lowest BCUT2D eigenvalue weighted by molar-refractivity contribution is 0.0785. The standard InChI is InChI=1S/C42H43N5O3/c1-45(29-32-10-4-2-5-11-32)41(49)36-21-24-38-39(25-18-31-16-22-37(48)23-17-31)44-47(27-9-8-26-43)42(50)46(40(38)28-36)30-33-14-19-35(20-15-33)34-12-6-3-7-13-34/h2-7,10-17,19-24,28,48H,8-9,18,25-27,29-30,43H2,1H3. The molecular weight excluding hydrogens is 622 g/mol. The first kappa shape index (κ1) is 34.1. The van der Waals surface area contributed by atoms with Gasteiger partial charge in [-0.15, -0.1) is 0 Å². The summed E-state index contributed by atoms with van der Waals surface area (Å²) in [5, 5.41) is 16.4. The van der Waals surface area contributed by atoms with Gasteiger partial charge in [0.25, 0.3) is 5.91 Å². The number of aryl methyl sites for hydroxylation is 1. The number of carbonyl (C=O) groups excluding carboxylic acids is 2. The Bertz CT molecular complexity index is 1930. The Kier molecular flexibility index (Phi) is 11.0. The van der Waals surface area contributed by atoms with Gasteiger partial charge in [0.15, 0.2) is 0 Å². The summed E-state index contributed by atoms with van der Waals surface area (Å²) in [4.78, 5) is 31.8. The minimum absolute atomic E-state index is 0.136. The second-order valence-electron chi connectivity index (χ2n) is 12.6. The van der Waals surface area contributed by atoms with Crippen LogP contribution in [-0.4, -0.2) is 52.8 Å². The molecule has 0 saturated heterocycles. The van der Waals surface area contributed by atoms with Crippen molar-refractivity contribution in [2.24, 2.45) is 10.8 Å². The smallest absolute Gasteiger partial charge is 0.345 e. The Morgan fingerprint density at radius 2 is 1.42 bits per heavy atom. The largest absolute Gasteiger partial charge is 0.508 e. The number of phenols is 1. The average molecular weight is 666 g/mol. The van der Waals surface area contributed by atoms with Crippen molar-refractivity contribution in [2.45, 2.75) is 38.8 Å². The molecule has 8 heteroatoms. The Balaban J connectivity index is 1.37. The molecule has 1 heterocycles. The monoisotopic (exact) mass is 665 g/mol. The average Bonchev–Trinajstić information content (AvgIpc) is 3.25. The molecule has 0 fully saturated rings. The Labute approximate surface area is 294 Å². The first-order valence-electron chi connectivity index (χ1n) is 17.1. The number of unbranched alkanes of at least 4 members (excludes halogenated alkanes) is 1. The summed E-state index contributed by atoms with van der Waals surface area (Å²) in [6.07, 6.45) is 2.69. The van der Waals surface area contributed by atoms with Gasteiger partial charge < -0.3 is 15.7 Å². The summed E-state index contributed by atoms with van der Waals surface area (Å²) >= 11 is 0. The molecule has 0 unspecified atom stereocenters. The maximum Gasteiger partial charge on any atom is 0.345 e. The number of carbonyl (C=O) groups is 2. The Hall–Kier alpha value is -5.73. The van der Waals surface area contributed by atoms with Gasteiger partial charge in [-0.1, -0.05) is 103 Å². The Morgan fingerprint density at radius 3 is 2.12 bits per heavy atom. The molecule has 3 amide bonds. The second-order valence-corrected chi connectivity index (χ2v) is 12.6. The molecular formula is C42H43N5O3. The summed E-state index contributed by atoms with van der Waals surface area (Å²) in [7, 11) is 1.79. The van der Waals surface area contributed by atoms with Crippen LogP contribution in [0.5, 0.6) is 5.75 Å². The topological polar surface area (TPSA) is 102 Å². The van der Waals surface area contributed by atoms with Crippen molar-refractivity contribution >= 4 is 23.3 Å². The molecule has 5 aromatic carbocycles. The SMILES string of the molecule is CN(Cc1ccccc1)C(=O)c1ccc2c(c1)N(Cc1ccc(-c3ccccc3)cc1)C(=O)N(CCCCN)N=C2CCc1ccc(O)cc1. The highest BCUT2D eigenvalue weighted by Gasteiger charge is 2.31. The second kappa shape index (κ2) is 16.1. The van der Waals surface area contributed by atoms with Crippen molar-refractivity contribution in [1.29, 1.82) is 0 Å². The van der Waals surface area contributed by atoms with E-state index in [9.17, 15) is 14.7 Å². The van der Waals surface area contributed by atoms with Crippen molar-refractivity contribution in [2.75, 3.05) is 25.0 Å². The zero-order valence-corrected chi connectivity index (χ0v) is 28.4. The maximum absolute atomic E-state index is 14.5. The van der Waals surface area contributed by atoms with E-state index in [1.54, 1.807) is 34.0 Å². The summed E-state index contributed by atoms with van der Waals surface area (Å²) in [5.41, 5.74) is 13.8. The fourth-order valence-corrected chi connectivity index (χ4v) is 6.20. The van der Waals surface area contributed by atoms with Gasteiger partial charge in [-0.2, -0.15) is 5.10 Å².